The molecule has 3 heterocycles. The van der Waals surface area contributed by atoms with Crippen LogP contribution in [0.25, 0.3) is 0 Å². The number of fused-ring (bicyclic) bond motifs is 1. The van der Waals surface area contributed by atoms with Crippen molar-refractivity contribution in [1.82, 2.24) is 9.80 Å². The molecule has 276 valence electrons. The van der Waals surface area contributed by atoms with Crippen LogP contribution < -0.4 is 9.64 Å². The van der Waals surface area contributed by atoms with Gasteiger partial charge < -0.3 is 14.7 Å². The summed E-state index contributed by atoms with van der Waals surface area (Å²) >= 11 is 0. The van der Waals surface area contributed by atoms with Crippen LogP contribution in [-0.2, 0) is 17.8 Å². The van der Waals surface area contributed by atoms with Crippen LogP contribution in [0.5, 0.6) is 5.75 Å². The number of carbonyl (C=O) groups is 1. The fourth-order valence-electron chi connectivity index (χ4n) is 8.86. The van der Waals surface area contributed by atoms with E-state index >= 15 is 8.78 Å². The zero-order valence-electron chi connectivity index (χ0n) is 29.9. The number of hydrogen-bond acceptors (Lipinski definition) is 5. The highest BCUT2D eigenvalue weighted by Crippen LogP contribution is 2.45. The molecular weight excluding hydrogens is 658 g/mol. The molecular formula is C41H51F4N3O3. The molecule has 0 aliphatic carbocycles. The van der Waals surface area contributed by atoms with Gasteiger partial charge in [-0.2, -0.15) is 0 Å². The van der Waals surface area contributed by atoms with Gasteiger partial charge in [0, 0.05) is 37.3 Å². The van der Waals surface area contributed by atoms with Gasteiger partial charge in [0.15, 0.2) is 0 Å². The summed E-state index contributed by atoms with van der Waals surface area (Å²) in [6, 6.07) is 16.5. The molecule has 6 nitrogen and oxygen atoms in total. The van der Waals surface area contributed by atoms with Gasteiger partial charge in [-0.05, 0) is 124 Å². The van der Waals surface area contributed by atoms with E-state index in [1.54, 1.807) is 17.0 Å². The van der Waals surface area contributed by atoms with Crippen molar-refractivity contribution < 1.29 is 32.2 Å². The fraction of sp³-hybridized carbons (Fsp3) is 0.537. The number of carboxylic acid groups (broad SMARTS) is 1. The van der Waals surface area contributed by atoms with Crippen LogP contribution in [0.3, 0.4) is 0 Å². The van der Waals surface area contributed by atoms with Crippen LogP contribution in [0.2, 0.25) is 0 Å². The first-order valence-corrected chi connectivity index (χ1v) is 18.5. The molecule has 0 saturated carbocycles. The molecule has 3 aliphatic heterocycles. The van der Waals surface area contributed by atoms with Gasteiger partial charge >= 0.3 is 5.97 Å². The number of alkyl halides is 2. The molecule has 3 aromatic carbocycles. The third-order valence-corrected chi connectivity index (χ3v) is 11.2. The quantitative estimate of drug-likeness (QED) is 0.224. The van der Waals surface area contributed by atoms with Gasteiger partial charge in [0.2, 0.25) is 0 Å². The van der Waals surface area contributed by atoms with Crippen LogP contribution in [-0.4, -0.2) is 72.1 Å². The summed E-state index contributed by atoms with van der Waals surface area (Å²) < 4.78 is 68.0. The number of benzene rings is 3. The Balaban J connectivity index is 1.20. The van der Waals surface area contributed by atoms with Gasteiger partial charge in [-0.1, -0.05) is 36.4 Å². The van der Waals surface area contributed by atoms with Crippen LogP contribution in [0.15, 0.2) is 60.7 Å². The minimum Gasteiger partial charge on any atom is -0.489 e. The summed E-state index contributed by atoms with van der Waals surface area (Å²) in [4.78, 5) is 16.8. The Morgan fingerprint density at radius 2 is 1.51 bits per heavy atom. The Hall–Kier alpha value is -3.63. The van der Waals surface area contributed by atoms with Crippen molar-refractivity contribution in [1.29, 1.82) is 0 Å². The number of rotatable bonds is 9. The molecule has 0 radical (unpaired) electrons. The van der Waals surface area contributed by atoms with E-state index in [0.29, 0.717) is 43.1 Å². The highest BCUT2D eigenvalue weighted by molar-refractivity contribution is 5.69. The molecule has 1 spiro atoms. The monoisotopic (exact) mass is 709 g/mol. The van der Waals surface area contributed by atoms with E-state index in [4.69, 9.17) is 4.74 Å². The lowest BCUT2D eigenvalue weighted by Gasteiger charge is -2.43. The Bertz CT molecular complexity index is 1600. The van der Waals surface area contributed by atoms with Crippen molar-refractivity contribution in [3.63, 3.8) is 0 Å². The van der Waals surface area contributed by atoms with Gasteiger partial charge in [0.1, 0.15) is 24.0 Å². The van der Waals surface area contributed by atoms with E-state index in [-0.39, 0.29) is 17.5 Å². The topological polar surface area (TPSA) is 56.3 Å². The molecule has 2 atom stereocenters. The first kappa shape index (κ1) is 37.1. The Labute approximate surface area is 299 Å². The number of ether oxygens (including phenoxy) is 1. The molecule has 3 aromatic rings. The van der Waals surface area contributed by atoms with E-state index in [0.717, 1.165) is 82.5 Å². The van der Waals surface area contributed by atoms with E-state index in [1.807, 2.05) is 48.2 Å². The number of nitrogens with zero attached hydrogens (tertiary/aromatic N) is 3. The molecule has 0 amide bonds. The van der Waals surface area contributed by atoms with Gasteiger partial charge in [0.05, 0.1) is 19.1 Å². The molecule has 0 aromatic heterocycles. The third kappa shape index (κ3) is 9.24. The lowest BCUT2D eigenvalue weighted by atomic mass is 9.70. The van der Waals surface area contributed by atoms with E-state index in [1.165, 1.54) is 12.1 Å². The maximum absolute atomic E-state index is 16.4. The first-order valence-electron chi connectivity index (χ1n) is 18.5. The molecule has 6 rings (SSSR count). The lowest BCUT2D eigenvalue weighted by molar-refractivity contribution is -0.138. The maximum atomic E-state index is 16.4. The molecule has 3 aliphatic rings. The third-order valence-electron chi connectivity index (χ3n) is 11.2. The first-order chi connectivity index (χ1) is 24.4. The Morgan fingerprint density at radius 3 is 2.10 bits per heavy atom. The van der Waals surface area contributed by atoms with Crippen molar-refractivity contribution >= 4 is 11.7 Å². The van der Waals surface area contributed by atoms with Crippen LogP contribution in [0.1, 0.15) is 93.5 Å². The summed E-state index contributed by atoms with van der Waals surface area (Å²) in [6.07, 6.45) is 8.37. The second-order valence-corrected chi connectivity index (χ2v) is 15.2. The highest BCUT2D eigenvalue weighted by Gasteiger charge is 2.41. The SMILES string of the molecule is C[C@@H]1Cc2cc(OCc3ccccc3)ccc2C(c2c(F)cc(N3CCCC4(CCCN(CC(=O)O)CCC4)CCC3)cc2F)N1CC(C)(F)F. The van der Waals surface area contributed by atoms with E-state index in [2.05, 4.69) is 4.90 Å². The van der Waals surface area contributed by atoms with Crippen molar-refractivity contribution in [3.05, 3.63) is 94.6 Å². The Kier molecular flexibility index (Phi) is 11.6. The molecule has 10 heteroatoms. The van der Waals surface area contributed by atoms with Crippen molar-refractivity contribution in [3.8, 4) is 5.75 Å². The average Bonchev–Trinajstić information content (AvgIpc) is 3.04. The van der Waals surface area contributed by atoms with Crippen LogP contribution >= 0.6 is 0 Å². The zero-order valence-corrected chi connectivity index (χ0v) is 29.9. The summed E-state index contributed by atoms with van der Waals surface area (Å²) in [7, 11) is 0. The predicted molar refractivity (Wildman–Crippen MR) is 192 cm³/mol. The number of carboxylic acids is 1. The number of likely N-dealkylation sites (tertiary alicyclic amines) is 1. The second-order valence-electron chi connectivity index (χ2n) is 15.2. The van der Waals surface area contributed by atoms with E-state index in [9.17, 15) is 18.7 Å². The molecule has 1 unspecified atom stereocenters. The summed E-state index contributed by atoms with van der Waals surface area (Å²) in [6.45, 7) is 5.45. The van der Waals surface area contributed by atoms with Crippen LogP contribution in [0.4, 0.5) is 23.2 Å². The maximum Gasteiger partial charge on any atom is 0.317 e. The standard InChI is InChI=1S/C41H51F4N3O3/c1-29-22-31-23-33(51-27-30-10-4-3-5-11-30)12-13-34(31)39(48(29)28-40(2,44)45)38-35(42)24-32(25-36(38)43)47-20-8-16-41(17-9-21-47)14-6-18-46(19-7-15-41)26-37(49)50/h3-5,10-13,23-25,29,39H,6-9,14-22,26-28H2,1-2H3,(H,49,50)/t29-,39?/m1/s1. The molecule has 2 fully saturated rings. The smallest absolute Gasteiger partial charge is 0.317 e. The number of halogens is 4. The van der Waals surface area contributed by atoms with Gasteiger partial charge in [-0.3, -0.25) is 14.6 Å². The highest BCUT2D eigenvalue weighted by atomic mass is 19.3. The number of hydrogen-bond donors (Lipinski definition) is 1. The summed E-state index contributed by atoms with van der Waals surface area (Å²) in [5.74, 6) is -4.69. The number of aliphatic carboxylic acids is 1. The minimum absolute atomic E-state index is 0.0916. The van der Waals surface area contributed by atoms with Crippen molar-refractivity contribution in [2.24, 2.45) is 5.41 Å². The minimum atomic E-state index is -3.06. The predicted octanol–water partition coefficient (Wildman–Crippen LogP) is 8.86. The summed E-state index contributed by atoms with van der Waals surface area (Å²) in [5, 5.41) is 9.20. The second kappa shape index (κ2) is 15.9. The van der Waals surface area contributed by atoms with Gasteiger partial charge in [0.25, 0.3) is 5.92 Å². The van der Waals surface area contributed by atoms with Crippen molar-refractivity contribution in [2.75, 3.05) is 44.2 Å². The lowest BCUT2D eigenvalue weighted by Crippen LogP contribution is -2.48. The van der Waals surface area contributed by atoms with Crippen molar-refractivity contribution in [2.45, 2.75) is 96.2 Å². The molecule has 51 heavy (non-hydrogen) atoms. The largest absolute Gasteiger partial charge is 0.489 e. The molecule has 2 saturated heterocycles. The molecule has 0 bridgehead atoms. The van der Waals surface area contributed by atoms with Gasteiger partial charge in [-0.25, -0.2) is 17.6 Å². The normalized spacial score (nSPS) is 22.0. The van der Waals surface area contributed by atoms with Crippen LogP contribution in [0, 0.1) is 17.0 Å². The zero-order chi connectivity index (χ0) is 36.2. The Morgan fingerprint density at radius 1 is 0.902 bits per heavy atom. The average molecular weight is 710 g/mol. The molecule has 1 N–H and O–H groups in total. The van der Waals surface area contributed by atoms with E-state index < -0.39 is 42.2 Å². The summed E-state index contributed by atoms with van der Waals surface area (Å²) in [5.41, 5.74) is 2.95. The number of anilines is 1. The fourth-order valence-corrected chi connectivity index (χ4v) is 8.86. The van der Waals surface area contributed by atoms with Gasteiger partial charge in [-0.15, -0.1) is 0 Å².